The van der Waals surface area contributed by atoms with Crippen molar-refractivity contribution in [3.05, 3.63) is 52.1 Å². The van der Waals surface area contributed by atoms with Gasteiger partial charge in [-0.2, -0.15) is 0 Å². The first-order valence-corrected chi connectivity index (χ1v) is 4.59. The van der Waals surface area contributed by atoms with Crippen LogP contribution in [0.1, 0.15) is 5.56 Å². The van der Waals surface area contributed by atoms with Gasteiger partial charge in [-0.15, -0.1) is 0 Å². The third kappa shape index (κ3) is 1.84. The van der Waals surface area contributed by atoms with Gasteiger partial charge in [-0.3, -0.25) is 0 Å². The average Bonchev–Trinajstić information content (AvgIpc) is 2.22. The summed E-state index contributed by atoms with van der Waals surface area (Å²) in [7, 11) is 0. The summed E-state index contributed by atoms with van der Waals surface area (Å²) >= 11 is 0. The van der Waals surface area contributed by atoms with Gasteiger partial charge < -0.3 is 4.98 Å². The largest absolute Gasteiger partial charge is 0.345 e. The molecule has 0 unspecified atom stereocenters. The molecular formula is C11H8F2N2O. The Kier molecular flexibility index (Phi) is 2.52. The summed E-state index contributed by atoms with van der Waals surface area (Å²) in [6.45, 7) is 1.68. The second-order valence-corrected chi connectivity index (χ2v) is 3.37. The van der Waals surface area contributed by atoms with Crippen LogP contribution >= 0.6 is 0 Å². The zero-order chi connectivity index (χ0) is 11.7. The lowest BCUT2D eigenvalue weighted by Crippen LogP contribution is -2.11. The van der Waals surface area contributed by atoms with Gasteiger partial charge in [0.1, 0.15) is 11.6 Å². The van der Waals surface area contributed by atoms with E-state index in [2.05, 4.69) is 9.97 Å². The van der Waals surface area contributed by atoms with Gasteiger partial charge in [0.2, 0.25) is 0 Å². The van der Waals surface area contributed by atoms with Crippen LogP contribution in [0.4, 0.5) is 8.78 Å². The van der Waals surface area contributed by atoms with E-state index in [0.29, 0.717) is 11.3 Å². The van der Waals surface area contributed by atoms with Crippen molar-refractivity contribution in [1.29, 1.82) is 0 Å². The number of benzene rings is 1. The van der Waals surface area contributed by atoms with E-state index >= 15 is 0 Å². The van der Waals surface area contributed by atoms with Crippen LogP contribution in [-0.2, 0) is 0 Å². The third-order valence-electron chi connectivity index (χ3n) is 2.20. The Labute approximate surface area is 89.8 Å². The number of rotatable bonds is 1. The Balaban J connectivity index is 2.67. The molecule has 0 radical (unpaired) electrons. The molecule has 0 bridgehead atoms. The Hall–Kier alpha value is -2.04. The maximum absolute atomic E-state index is 13.5. The minimum absolute atomic E-state index is 0.151. The molecule has 1 N–H and O–H groups in total. The maximum Gasteiger partial charge on any atom is 0.345 e. The molecule has 0 aliphatic heterocycles. The summed E-state index contributed by atoms with van der Waals surface area (Å²) < 4.78 is 26.2. The lowest BCUT2D eigenvalue weighted by Gasteiger charge is -2.05. The van der Waals surface area contributed by atoms with E-state index in [1.807, 2.05) is 0 Å². The first kappa shape index (κ1) is 10.5. The van der Waals surface area contributed by atoms with E-state index in [4.69, 9.17) is 0 Å². The monoisotopic (exact) mass is 222 g/mol. The van der Waals surface area contributed by atoms with Crippen molar-refractivity contribution in [1.82, 2.24) is 9.97 Å². The number of nitrogens with zero attached hydrogens (tertiary/aromatic N) is 1. The molecule has 2 rings (SSSR count). The highest BCUT2D eigenvalue weighted by Crippen LogP contribution is 2.22. The van der Waals surface area contributed by atoms with E-state index in [1.54, 1.807) is 6.92 Å². The van der Waals surface area contributed by atoms with E-state index in [-0.39, 0.29) is 5.56 Å². The molecule has 0 amide bonds. The van der Waals surface area contributed by atoms with E-state index in [9.17, 15) is 13.6 Å². The van der Waals surface area contributed by atoms with Crippen LogP contribution in [0.2, 0.25) is 0 Å². The predicted octanol–water partition coefficient (Wildman–Crippen LogP) is 2.02. The lowest BCUT2D eigenvalue weighted by atomic mass is 10.1. The highest BCUT2D eigenvalue weighted by molar-refractivity contribution is 5.62. The van der Waals surface area contributed by atoms with Gasteiger partial charge in [0, 0.05) is 17.8 Å². The van der Waals surface area contributed by atoms with E-state index in [1.165, 1.54) is 12.3 Å². The third-order valence-corrected chi connectivity index (χ3v) is 2.20. The molecule has 0 saturated carbocycles. The van der Waals surface area contributed by atoms with Crippen molar-refractivity contribution in [2.24, 2.45) is 0 Å². The normalized spacial score (nSPS) is 10.4. The molecule has 1 heterocycles. The summed E-state index contributed by atoms with van der Waals surface area (Å²) in [5.41, 5.74) is 0.519. The van der Waals surface area contributed by atoms with Gasteiger partial charge in [-0.25, -0.2) is 18.6 Å². The van der Waals surface area contributed by atoms with Gasteiger partial charge in [0.25, 0.3) is 0 Å². The average molecular weight is 222 g/mol. The minimum atomic E-state index is -0.718. The van der Waals surface area contributed by atoms with E-state index < -0.39 is 17.3 Å². The topological polar surface area (TPSA) is 45.8 Å². The predicted molar refractivity (Wildman–Crippen MR) is 54.9 cm³/mol. The smallest absolute Gasteiger partial charge is 0.305 e. The van der Waals surface area contributed by atoms with Gasteiger partial charge in [0.05, 0.1) is 5.69 Å². The molecule has 1 aromatic carbocycles. The van der Waals surface area contributed by atoms with E-state index in [0.717, 1.165) is 12.1 Å². The number of aryl methyl sites for hydroxylation is 1. The molecule has 3 nitrogen and oxygen atoms in total. The first-order valence-electron chi connectivity index (χ1n) is 4.59. The summed E-state index contributed by atoms with van der Waals surface area (Å²) in [5, 5.41) is 0. The van der Waals surface area contributed by atoms with Crippen molar-refractivity contribution in [3.63, 3.8) is 0 Å². The van der Waals surface area contributed by atoms with Crippen LogP contribution < -0.4 is 5.69 Å². The number of hydrogen-bond donors (Lipinski definition) is 1. The molecule has 1 aromatic heterocycles. The van der Waals surface area contributed by atoms with Gasteiger partial charge >= 0.3 is 5.69 Å². The molecule has 2 aromatic rings. The van der Waals surface area contributed by atoms with Crippen LogP contribution in [0.3, 0.4) is 0 Å². The molecule has 0 saturated heterocycles. The highest BCUT2D eigenvalue weighted by atomic mass is 19.1. The first-order chi connectivity index (χ1) is 7.58. The van der Waals surface area contributed by atoms with Crippen molar-refractivity contribution in [2.75, 3.05) is 0 Å². The molecule has 0 aliphatic carbocycles. The van der Waals surface area contributed by atoms with Crippen molar-refractivity contribution in [3.8, 4) is 11.3 Å². The minimum Gasteiger partial charge on any atom is -0.305 e. The number of aromatic amines is 1. The fourth-order valence-corrected chi connectivity index (χ4v) is 1.43. The zero-order valence-electron chi connectivity index (χ0n) is 8.42. The van der Waals surface area contributed by atoms with Gasteiger partial charge in [-0.1, -0.05) is 0 Å². The quantitative estimate of drug-likeness (QED) is 0.802. The van der Waals surface area contributed by atoms with Crippen LogP contribution in [0.25, 0.3) is 11.3 Å². The SMILES string of the molecule is Cc1cnc(=O)[nH]c1-c1ccc(F)cc1F. The maximum atomic E-state index is 13.5. The van der Waals surface area contributed by atoms with Crippen LogP contribution in [0.5, 0.6) is 0 Å². The molecule has 0 fully saturated rings. The van der Waals surface area contributed by atoms with Crippen molar-refractivity contribution in [2.45, 2.75) is 6.92 Å². The molecule has 82 valence electrons. The fraction of sp³-hybridized carbons (Fsp3) is 0.0909. The van der Waals surface area contributed by atoms with Crippen molar-refractivity contribution < 1.29 is 8.78 Å². The van der Waals surface area contributed by atoms with Crippen molar-refractivity contribution >= 4 is 0 Å². The summed E-state index contributed by atoms with van der Waals surface area (Å²) in [6.07, 6.45) is 1.34. The standard InChI is InChI=1S/C11H8F2N2O/c1-6-5-14-11(16)15-10(6)8-3-2-7(12)4-9(8)13/h2-5H,1H3,(H,14,15,16). The lowest BCUT2D eigenvalue weighted by molar-refractivity contribution is 0.585. The Morgan fingerprint density at radius 3 is 2.75 bits per heavy atom. The van der Waals surface area contributed by atoms with Crippen LogP contribution in [0, 0.1) is 18.6 Å². The van der Waals surface area contributed by atoms with Gasteiger partial charge in [-0.05, 0) is 24.6 Å². The molecular weight excluding hydrogens is 214 g/mol. The molecule has 0 aliphatic rings. The molecule has 0 atom stereocenters. The Morgan fingerprint density at radius 2 is 2.06 bits per heavy atom. The van der Waals surface area contributed by atoms with Crippen LogP contribution in [0.15, 0.2) is 29.2 Å². The Morgan fingerprint density at radius 1 is 1.31 bits per heavy atom. The summed E-state index contributed by atoms with van der Waals surface area (Å²) in [5.74, 6) is -1.37. The number of H-pyrrole nitrogens is 1. The number of halogens is 2. The molecule has 0 spiro atoms. The highest BCUT2D eigenvalue weighted by Gasteiger charge is 2.09. The number of nitrogens with one attached hydrogen (secondary N) is 1. The summed E-state index contributed by atoms with van der Waals surface area (Å²) in [4.78, 5) is 17.0. The number of aromatic nitrogens is 2. The number of hydrogen-bond acceptors (Lipinski definition) is 2. The zero-order valence-corrected chi connectivity index (χ0v) is 8.42. The fourth-order valence-electron chi connectivity index (χ4n) is 1.43. The second kappa shape index (κ2) is 3.84. The second-order valence-electron chi connectivity index (χ2n) is 3.37. The van der Waals surface area contributed by atoms with Crippen LogP contribution in [-0.4, -0.2) is 9.97 Å². The van der Waals surface area contributed by atoms with Gasteiger partial charge in [0.15, 0.2) is 0 Å². The molecule has 5 heteroatoms. The Bertz CT molecular complexity index is 593. The molecule has 16 heavy (non-hydrogen) atoms. The summed E-state index contributed by atoms with van der Waals surface area (Å²) in [6, 6.07) is 3.19.